The highest BCUT2D eigenvalue weighted by Crippen LogP contribution is 2.07. The van der Waals surface area contributed by atoms with Crippen molar-refractivity contribution in [3.05, 3.63) is 0 Å². The predicted molar refractivity (Wildman–Crippen MR) is 56.1 cm³/mol. The number of carbonyl (C=O) groups is 1. The summed E-state index contributed by atoms with van der Waals surface area (Å²) in [5.41, 5.74) is 0. The van der Waals surface area contributed by atoms with E-state index < -0.39 is 12.2 Å². The van der Waals surface area contributed by atoms with Gasteiger partial charge in [-0.05, 0) is 0 Å². The van der Waals surface area contributed by atoms with Gasteiger partial charge in [0.05, 0.1) is 26.4 Å². The van der Waals surface area contributed by atoms with E-state index in [-0.39, 0.29) is 5.97 Å². The summed E-state index contributed by atoms with van der Waals surface area (Å²) >= 11 is 0. The van der Waals surface area contributed by atoms with Gasteiger partial charge < -0.3 is 19.3 Å². The number of hydrogen-bond acceptors (Lipinski definition) is 6. The SMILES string of the molecule is COCC(O)CN1CCOC(C(=O)OC)C1. The van der Waals surface area contributed by atoms with Crippen LogP contribution < -0.4 is 0 Å². The second-order valence-corrected chi connectivity index (χ2v) is 3.75. The molecule has 2 atom stereocenters. The minimum absolute atomic E-state index is 0.292. The number of rotatable bonds is 5. The summed E-state index contributed by atoms with van der Waals surface area (Å²) in [5.74, 6) is -0.370. The summed E-state index contributed by atoms with van der Waals surface area (Å²) in [6.07, 6.45) is -1.09. The monoisotopic (exact) mass is 233 g/mol. The first-order valence-electron chi connectivity index (χ1n) is 5.26. The molecule has 0 spiro atoms. The van der Waals surface area contributed by atoms with Crippen molar-refractivity contribution >= 4 is 5.97 Å². The quantitative estimate of drug-likeness (QED) is 0.606. The number of carbonyl (C=O) groups excluding carboxylic acids is 1. The molecule has 0 radical (unpaired) electrons. The summed E-state index contributed by atoms with van der Waals surface area (Å²) < 4.78 is 14.7. The highest BCUT2D eigenvalue weighted by molar-refractivity contribution is 5.74. The Morgan fingerprint density at radius 3 is 3.00 bits per heavy atom. The largest absolute Gasteiger partial charge is 0.467 e. The van der Waals surface area contributed by atoms with E-state index in [4.69, 9.17) is 9.47 Å². The molecular weight excluding hydrogens is 214 g/mol. The molecule has 6 nitrogen and oxygen atoms in total. The summed E-state index contributed by atoms with van der Waals surface area (Å²) in [6.45, 7) is 2.39. The molecule has 6 heteroatoms. The molecule has 0 aromatic heterocycles. The van der Waals surface area contributed by atoms with Crippen LogP contribution in [-0.4, -0.2) is 75.3 Å². The number of ether oxygens (including phenoxy) is 3. The van der Waals surface area contributed by atoms with Crippen molar-refractivity contribution in [3.63, 3.8) is 0 Å². The van der Waals surface area contributed by atoms with Crippen molar-refractivity contribution in [1.29, 1.82) is 0 Å². The van der Waals surface area contributed by atoms with Crippen molar-refractivity contribution in [2.24, 2.45) is 0 Å². The number of aliphatic hydroxyl groups excluding tert-OH is 1. The third-order valence-electron chi connectivity index (χ3n) is 2.44. The van der Waals surface area contributed by atoms with E-state index in [1.54, 1.807) is 7.11 Å². The third kappa shape index (κ3) is 4.05. The summed E-state index contributed by atoms with van der Waals surface area (Å²) in [4.78, 5) is 13.2. The average Bonchev–Trinajstić information content (AvgIpc) is 2.28. The summed E-state index contributed by atoms with van der Waals surface area (Å²) in [5, 5.41) is 9.56. The molecule has 1 aliphatic heterocycles. The first-order valence-corrected chi connectivity index (χ1v) is 5.26. The number of morpholine rings is 1. The molecule has 0 aliphatic carbocycles. The van der Waals surface area contributed by atoms with Crippen molar-refractivity contribution in [2.45, 2.75) is 12.2 Å². The number of aliphatic hydroxyl groups is 1. The normalized spacial score (nSPS) is 24.1. The lowest BCUT2D eigenvalue weighted by atomic mass is 10.2. The number of β-amino-alcohol motifs (C(OH)–C–C–N with tert-alkyl or cyclic N) is 1. The van der Waals surface area contributed by atoms with Crippen LogP contribution in [0, 0.1) is 0 Å². The summed E-state index contributed by atoms with van der Waals surface area (Å²) in [7, 11) is 2.88. The van der Waals surface area contributed by atoms with E-state index >= 15 is 0 Å². The van der Waals surface area contributed by atoms with Gasteiger partial charge in [0.1, 0.15) is 0 Å². The molecule has 1 saturated heterocycles. The molecule has 16 heavy (non-hydrogen) atoms. The van der Waals surface area contributed by atoms with Gasteiger partial charge in [-0.3, -0.25) is 4.90 Å². The van der Waals surface area contributed by atoms with Crippen molar-refractivity contribution < 1.29 is 24.1 Å². The lowest BCUT2D eigenvalue weighted by Gasteiger charge is -2.32. The maximum atomic E-state index is 11.3. The predicted octanol–water partition coefficient (Wildman–Crippen LogP) is -1.13. The highest BCUT2D eigenvalue weighted by atomic mass is 16.6. The zero-order valence-corrected chi connectivity index (χ0v) is 9.72. The van der Waals surface area contributed by atoms with E-state index in [2.05, 4.69) is 4.74 Å². The van der Waals surface area contributed by atoms with Gasteiger partial charge in [0.2, 0.25) is 0 Å². The molecule has 1 aliphatic rings. The second kappa shape index (κ2) is 6.80. The standard InChI is InChI=1S/C10H19NO5/c1-14-7-8(12)5-11-3-4-16-9(6-11)10(13)15-2/h8-9,12H,3-7H2,1-2H3. The molecule has 2 unspecified atom stereocenters. The fourth-order valence-corrected chi connectivity index (χ4v) is 1.69. The Balaban J connectivity index is 2.35. The minimum Gasteiger partial charge on any atom is -0.467 e. The minimum atomic E-state index is -0.548. The van der Waals surface area contributed by atoms with Gasteiger partial charge in [-0.15, -0.1) is 0 Å². The van der Waals surface area contributed by atoms with Crippen LogP contribution in [0.25, 0.3) is 0 Å². The van der Waals surface area contributed by atoms with Crippen LogP contribution in [0.1, 0.15) is 0 Å². The van der Waals surface area contributed by atoms with E-state index in [1.807, 2.05) is 4.90 Å². The third-order valence-corrected chi connectivity index (χ3v) is 2.44. The van der Waals surface area contributed by atoms with Crippen LogP contribution >= 0.6 is 0 Å². The fraction of sp³-hybridized carbons (Fsp3) is 0.900. The lowest BCUT2D eigenvalue weighted by Crippen LogP contribution is -2.49. The van der Waals surface area contributed by atoms with E-state index in [1.165, 1.54) is 7.11 Å². The zero-order chi connectivity index (χ0) is 12.0. The number of esters is 1. The van der Waals surface area contributed by atoms with E-state index in [9.17, 15) is 9.90 Å². The van der Waals surface area contributed by atoms with Crippen molar-refractivity contribution in [1.82, 2.24) is 4.90 Å². The lowest BCUT2D eigenvalue weighted by molar-refractivity contribution is -0.160. The van der Waals surface area contributed by atoms with Gasteiger partial charge in [-0.2, -0.15) is 0 Å². The molecule has 94 valence electrons. The number of nitrogens with zero attached hydrogens (tertiary/aromatic N) is 1. The molecule has 0 amide bonds. The Kier molecular flexibility index (Phi) is 5.68. The van der Waals surface area contributed by atoms with Crippen LogP contribution in [0.4, 0.5) is 0 Å². The highest BCUT2D eigenvalue weighted by Gasteiger charge is 2.28. The number of methoxy groups -OCH3 is 2. The molecule has 0 saturated carbocycles. The second-order valence-electron chi connectivity index (χ2n) is 3.75. The maximum absolute atomic E-state index is 11.3. The zero-order valence-electron chi connectivity index (χ0n) is 9.72. The first kappa shape index (κ1) is 13.4. The van der Waals surface area contributed by atoms with Crippen molar-refractivity contribution in [3.8, 4) is 0 Å². The summed E-state index contributed by atoms with van der Waals surface area (Å²) in [6, 6.07) is 0. The smallest absolute Gasteiger partial charge is 0.336 e. The van der Waals surface area contributed by atoms with E-state index in [0.29, 0.717) is 32.8 Å². The van der Waals surface area contributed by atoms with Crippen LogP contribution in [0.5, 0.6) is 0 Å². The first-order chi connectivity index (χ1) is 7.67. The van der Waals surface area contributed by atoms with Crippen LogP contribution in [0.2, 0.25) is 0 Å². The van der Waals surface area contributed by atoms with Gasteiger partial charge in [-0.1, -0.05) is 0 Å². The molecular formula is C10H19NO5. The Hall–Kier alpha value is -0.690. The van der Waals surface area contributed by atoms with Gasteiger partial charge in [0.15, 0.2) is 6.10 Å². The van der Waals surface area contributed by atoms with Crippen LogP contribution in [-0.2, 0) is 19.0 Å². The molecule has 0 aromatic rings. The van der Waals surface area contributed by atoms with E-state index in [0.717, 1.165) is 0 Å². The van der Waals surface area contributed by atoms with Crippen molar-refractivity contribution in [2.75, 3.05) is 47.1 Å². The Morgan fingerprint density at radius 2 is 2.38 bits per heavy atom. The fourth-order valence-electron chi connectivity index (χ4n) is 1.69. The Bertz CT molecular complexity index is 223. The molecule has 0 bridgehead atoms. The van der Waals surface area contributed by atoms with Gasteiger partial charge in [0, 0.05) is 26.7 Å². The topological polar surface area (TPSA) is 68.2 Å². The number of hydrogen-bond donors (Lipinski definition) is 1. The molecule has 0 aromatic carbocycles. The van der Waals surface area contributed by atoms with Crippen LogP contribution in [0.3, 0.4) is 0 Å². The average molecular weight is 233 g/mol. The van der Waals surface area contributed by atoms with Gasteiger partial charge in [0.25, 0.3) is 0 Å². The van der Waals surface area contributed by atoms with Gasteiger partial charge >= 0.3 is 5.97 Å². The molecule has 1 fully saturated rings. The molecule has 1 heterocycles. The maximum Gasteiger partial charge on any atom is 0.336 e. The van der Waals surface area contributed by atoms with Gasteiger partial charge in [-0.25, -0.2) is 4.79 Å². The molecule has 1 N–H and O–H groups in total. The molecule has 1 rings (SSSR count). The Morgan fingerprint density at radius 1 is 1.62 bits per heavy atom. The Labute approximate surface area is 95.1 Å². The van der Waals surface area contributed by atoms with Crippen LogP contribution in [0.15, 0.2) is 0 Å².